The van der Waals surface area contributed by atoms with Gasteiger partial charge in [0.2, 0.25) is 5.91 Å². The Morgan fingerprint density at radius 1 is 1.29 bits per heavy atom. The van der Waals surface area contributed by atoms with Crippen molar-refractivity contribution >= 4 is 28.9 Å². The molecule has 0 saturated carbocycles. The first kappa shape index (κ1) is 14.9. The topological polar surface area (TPSA) is 56.1 Å². The summed E-state index contributed by atoms with van der Waals surface area (Å²) in [4.78, 5) is 13.8. The van der Waals surface area contributed by atoms with E-state index in [2.05, 4.69) is 11.4 Å². The van der Waals surface area contributed by atoms with E-state index >= 15 is 0 Å². The predicted molar refractivity (Wildman–Crippen MR) is 84.5 cm³/mol. The molecular weight excluding hydrogens is 286 g/mol. The summed E-state index contributed by atoms with van der Waals surface area (Å²) in [6.07, 6.45) is 0. The lowest BCUT2D eigenvalue weighted by Crippen LogP contribution is -2.30. The van der Waals surface area contributed by atoms with Gasteiger partial charge in [0.05, 0.1) is 18.2 Å². The minimum absolute atomic E-state index is 0.135. The molecule has 0 aliphatic rings. The van der Waals surface area contributed by atoms with Gasteiger partial charge in [-0.05, 0) is 42.5 Å². The molecule has 0 atom stereocenters. The van der Waals surface area contributed by atoms with Gasteiger partial charge in [0.15, 0.2) is 0 Å². The van der Waals surface area contributed by atoms with E-state index < -0.39 is 0 Å². The molecule has 2 aromatic rings. The highest BCUT2D eigenvalue weighted by Gasteiger charge is 2.08. The van der Waals surface area contributed by atoms with E-state index in [0.29, 0.717) is 16.3 Å². The molecule has 0 fully saturated rings. The van der Waals surface area contributed by atoms with E-state index in [0.717, 1.165) is 5.69 Å². The van der Waals surface area contributed by atoms with Crippen LogP contribution in [-0.4, -0.2) is 19.5 Å². The molecule has 2 rings (SSSR count). The van der Waals surface area contributed by atoms with Gasteiger partial charge in [-0.2, -0.15) is 5.26 Å². The molecule has 1 amide bonds. The van der Waals surface area contributed by atoms with E-state index in [9.17, 15) is 4.79 Å². The van der Waals surface area contributed by atoms with Crippen molar-refractivity contribution in [3.63, 3.8) is 0 Å². The number of nitrogens with zero attached hydrogens (tertiary/aromatic N) is 2. The fourth-order valence-corrected chi connectivity index (χ4v) is 2.05. The molecule has 0 radical (unpaired) electrons. The van der Waals surface area contributed by atoms with Crippen LogP contribution >= 0.6 is 11.6 Å². The van der Waals surface area contributed by atoms with Gasteiger partial charge in [0, 0.05) is 23.4 Å². The van der Waals surface area contributed by atoms with Crippen LogP contribution in [0.2, 0.25) is 5.02 Å². The SMILES string of the molecule is CN(CC(=O)Nc1cccc(Cl)c1)c1ccc(C#N)cc1. The molecule has 0 spiro atoms. The van der Waals surface area contributed by atoms with E-state index in [1.807, 2.05) is 19.2 Å². The van der Waals surface area contributed by atoms with E-state index in [-0.39, 0.29) is 12.5 Å². The lowest BCUT2D eigenvalue weighted by atomic mass is 10.2. The molecule has 106 valence electrons. The molecule has 21 heavy (non-hydrogen) atoms. The van der Waals surface area contributed by atoms with Crippen molar-refractivity contribution in [2.45, 2.75) is 0 Å². The first-order valence-electron chi connectivity index (χ1n) is 6.35. The van der Waals surface area contributed by atoms with E-state index in [1.165, 1.54) is 0 Å². The predicted octanol–water partition coefficient (Wildman–Crippen LogP) is 3.29. The molecule has 0 saturated heterocycles. The van der Waals surface area contributed by atoms with Crippen molar-refractivity contribution in [1.29, 1.82) is 5.26 Å². The molecular formula is C16H14ClN3O. The maximum absolute atomic E-state index is 12.0. The van der Waals surface area contributed by atoms with Gasteiger partial charge >= 0.3 is 0 Å². The number of carbonyl (C=O) groups is 1. The Morgan fingerprint density at radius 3 is 2.62 bits per heavy atom. The van der Waals surface area contributed by atoms with Gasteiger partial charge in [-0.15, -0.1) is 0 Å². The Bertz CT molecular complexity index is 677. The van der Waals surface area contributed by atoms with Gasteiger partial charge in [-0.3, -0.25) is 4.79 Å². The third kappa shape index (κ3) is 4.23. The van der Waals surface area contributed by atoms with Crippen molar-refractivity contribution in [2.75, 3.05) is 23.8 Å². The minimum atomic E-state index is -0.135. The molecule has 1 N–H and O–H groups in total. The second-order valence-electron chi connectivity index (χ2n) is 4.57. The Hall–Kier alpha value is -2.51. The maximum atomic E-state index is 12.0. The van der Waals surface area contributed by atoms with E-state index in [1.54, 1.807) is 41.3 Å². The molecule has 0 aliphatic heterocycles. The summed E-state index contributed by atoms with van der Waals surface area (Å²) >= 11 is 5.87. The highest BCUT2D eigenvalue weighted by Crippen LogP contribution is 2.16. The molecule has 0 aromatic heterocycles. The van der Waals surface area contributed by atoms with Crippen LogP contribution in [0.25, 0.3) is 0 Å². The van der Waals surface area contributed by atoms with Crippen LogP contribution in [0.3, 0.4) is 0 Å². The number of hydrogen-bond acceptors (Lipinski definition) is 3. The van der Waals surface area contributed by atoms with Crippen LogP contribution < -0.4 is 10.2 Å². The summed E-state index contributed by atoms with van der Waals surface area (Å²) in [5, 5.41) is 12.1. The molecule has 5 heteroatoms. The largest absolute Gasteiger partial charge is 0.365 e. The quantitative estimate of drug-likeness (QED) is 0.942. The van der Waals surface area contributed by atoms with Gasteiger partial charge < -0.3 is 10.2 Å². The number of amides is 1. The molecule has 0 heterocycles. The molecule has 2 aromatic carbocycles. The number of anilines is 2. The standard InChI is InChI=1S/C16H14ClN3O/c1-20(15-7-5-12(10-18)6-8-15)11-16(21)19-14-4-2-3-13(17)9-14/h2-9H,11H2,1H3,(H,19,21). The monoisotopic (exact) mass is 299 g/mol. The summed E-state index contributed by atoms with van der Waals surface area (Å²) < 4.78 is 0. The molecule has 0 unspecified atom stereocenters. The second kappa shape index (κ2) is 6.78. The lowest BCUT2D eigenvalue weighted by Gasteiger charge is -2.18. The second-order valence-corrected chi connectivity index (χ2v) is 5.01. The van der Waals surface area contributed by atoms with Crippen LogP contribution in [0.4, 0.5) is 11.4 Å². The number of carbonyl (C=O) groups excluding carboxylic acids is 1. The number of nitrogens with one attached hydrogen (secondary N) is 1. The van der Waals surface area contributed by atoms with E-state index in [4.69, 9.17) is 16.9 Å². The summed E-state index contributed by atoms with van der Waals surface area (Å²) in [5.74, 6) is -0.135. The van der Waals surface area contributed by atoms with Crippen LogP contribution in [-0.2, 0) is 4.79 Å². The van der Waals surface area contributed by atoms with Crippen molar-refractivity contribution in [3.05, 3.63) is 59.1 Å². The van der Waals surface area contributed by atoms with Crippen molar-refractivity contribution in [2.24, 2.45) is 0 Å². The number of hydrogen-bond donors (Lipinski definition) is 1. The fraction of sp³-hybridized carbons (Fsp3) is 0.125. The zero-order valence-electron chi connectivity index (χ0n) is 11.5. The van der Waals surface area contributed by atoms with Crippen LogP contribution in [0, 0.1) is 11.3 Å². The van der Waals surface area contributed by atoms with Crippen LogP contribution in [0.1, 0.15) is 5.56 Å². The first-order chi connectivity index (χ1) is 10.1. The Labute approximate surface area is 128 Å². The third-order valence-corrected chi connectivity index (χ3v) is 3.16. The maximum Gasteiger partial charge on any atom is 0.243 e. The van der Waals surface area contributed by atoms with Gasteiger partial charge in [-0.25, -0.2) is 0 Å². The summed E-state index contributed by atoms with van der Waals surface area (Å²) in [6, 6.07) is 16.1. The van der Waals surface area contributed by atoms with Gasteiger partial charge in [-0.1, -0.05) is 17.7 Å². The van der Waals surface area contributed by atoms with Crippen LogP contribution in [0.15, 0.2) is 48.5 Å². The lowest BCUT2D eigenvalue weighted by molar-refractivity contribution is -0.114. The van der Waals surface area contributed by atoms with Crippen LogP contribution in [0.5, 0.6) is 0 Å². The first-order valence-corrected chi connectivity index (χ1v) is 6.73. The Balaban J connectivity index is 1.97. The summed E-state index contributed by atoms with van der Waals surface area (Å²) in [5.41, 5.74) is 2.13. The number of halogens is 1. The number of rotatable bonds is 4. The highest BCUT2D eigenvalue weighted by molar-refractivity contribution is 6.30. The normalized spacial score (nSPS) is 9.76. The number of benzene rings is 2. The smallest absolute Gasteiger partial charge is 0.243 e. The minimum Gasteiger partial charge on any atom is -0.365 e. The zero-order chi connectivity index (χ0) is 15.2. The van der Waals surface area contributed by atoms with Crippen molar-refractivity contribution in [1.82, 2.24) is 0 Å². The Morgan fingerprint density at radius 2 is 2.00 bits per heavy atom. The van der Waals surface area contributed by atoms with Crippen molar-refractivity contribution < 1.29 is 4.79 Å². The fourth-order valence-electron chi connectivity index (χ4n) is 1.86. The average Bonchev–Trinajstić information content (AvgIpc) is 2.47. The number of likely N-dealkylation sites (N-methyl/N-ethyl adjacent to an activating group) is 1. The van der Waals surface area contributed by atoms with Gasteiger partial charge in [0.1, 0.15) is 0 Å². The van der Waals surface area contributed by atoms with Gasteiger partial charge in [0.25, 0.3) is 0 Å². The Kier molecular flexibility index (Phi) is 4.81. The van der Waals surface area contributed by atoms with Crippen molar-refractivity contribution in [3.8, 4) is 6.07 Å². The highest BCUT2D eigenvalue weighted by atomic mass is 35.5. The number of nitriles is 1. The summed E-state index contributed by atoms with van der Waals surface area (Å²) in [6.45, 7) is 0.207. The zero-order valence-corrected chi connectivity index (χ0v) is 12.3. The average molecular weight is 300 g/mol. The third-order valence-electron chi connectivity index (χ3n) is 2.93. The summed E-state index contributed by atoms with van der Waals surface area (Å²) in [7, 11) is 1.82. The molecule has 4 nitrogen and oxygen atoms in total. The molecule has 0 aliphatic carbocycles. The molecule has 0 bridgehead atoms.